The first-order chi connectivity index (χ1) is 59.3. The van der Waals surface area contributed by atoms with Crippen molar-refractivity contribution in [3.8, 4) is 109 Å². The summed E-state index contributed by atoms with van der Waals surface area (Å²) in [5.74, 6) is 4.38. The second-order valence-electron chi connectivity index (χ2n) is 26.9. The van der Waals surface area contributed by atoms with Gasteiger partial charge in [-0.15, -0.1) is 0 Å². The van der Waals surface area contributed by atoms with E-state index < -0.39 is 37.4 Å². The summed E-state index contributed by atoms with van der Waals surface area (Å²) >= 11 is 0. The van der Waals surface area contributed by atoms with Gasteiger partial charge in [0.15, 0.2) is 0 Å². The van der Waals surface area contributed by atoms with Crippen molar-refractivity contribution >= 4 is 0 Å². The number of hydrogen-bond donors (Lipinski definition) is 0. The van der Waals surface area contributed by atoms with Gasteiger partial charge in [0, 0.05) is 184 Å². The smallest absolute Gasteiger partial charge is 0.572 e. The molecule has 0 saturated heterocycles. The fourth-order valence-electron chi connectivity index (χ4n) is 11.4. The molecule has 0 N–H and O–H groups in total. The predicted molar refractivity (Wildman–Crippen MR) is 432 cm³/mol. The SMILES string of the molecule is CC(C)n1ccnc1-c1cc(C(F)F)n[n-]1.Cc1cc(-c2nccn2-c2ccccc2)[n-]n1.Cc1cc(-c2nccn2-c2ccccc2)[n-]n1.Cc1cc(-c2nccn2-c2ccccc2)[n-]n1.Cc1cc(-c2nccn2C(C)C)[n-]n1.Cn1ccnc1-c1cc(C(F)F)n[n-]1.Cn1ccnc1-c1nc(C(F)F)n[n-]1.Cn1ccnc1-c1nc(C(F)F)n[n-]1.[Pt+2].[Pt+2].[Pt+2].[Pt+2]. The Kier molecular flexibility index (Phi) is 37.1. The molecule has 0 aliphatic carbocycles. The fourth-order valence-corrected chi connectivity index (χ4v) is 11.4. The van der Waals surface area contributed by atoms with Crippen LogP contribution in [0, 0.1) is 27.7 Å². The van der Waals surface area contributed by atoms with E-state index in [-0.39, 0.29) is 113 Å². The Morgan fingerprint density at radius 3 is 0.772 bits per heavy atom. The molecule has 0 aliphatic heterocycles. The van der Waals surface area contributed by atoms with E-state index in [1.165, 1.54) is 24.5 Å². The average Bonchev–Trinajstić information content (AvgIpc) is 1.67. The summed E-state index contributed by atoms with van der Waals surface area (Å²) in [5, 5.41) is 60.0. The van der Waals surface area contributed by atoms with E-state index in [0.717, 1.165) is 85.9 Å². The molecular weight excluding hydrogens is 2380 g/mol. The van der Waals surface area contributed by atoms with Crippen LogP contribution in [0.1, 0.15) is 111 Å². The molecule has 16 aromatic heterocycles. The van der Waals surface area contributed by atoms with Crippen LogP contribution in [-0.4, -0.2) is 127 Å². The molecule has 0 bridgehead atoms. The summed E-state index contributed by atoms with van der Waals surface area (Å²) in [5.41, 5.74) is 10.2. The van der Waals surface area contributed by atoms with Gasteiger partial charge in [-0.1, -0.05) is 113 Å². The van der Waals surface area contributed by atoms with E-state index in [4.69, 9.17) is 0 Å². The minimum absolute atomic E-state index is 0. The molecule has 0 spiro atoms. The van der Waals surface area contributed by atoms with Crippen LogP contribution in [0.15, 0.2) is 227 Å². The van der Waals surface area contributed by atoms with Gasteiger partial charge in [0.05, 0.1) is 23.0 Å². The molecule has 0 radical (unpaired) electrons. The normalized spacial score (nSPS) is 10.7. The maximum atomic E-state index is 12.4. The minimum atomic E-state index is -2.70. The zero-order valence-electron chi connectivity index (χ0n) is 68.8. The maximum Gasteiger partial charge on any atom is 2.00 e. The van der Waals surface area contributed by atoms with Gasteiger partial charge in [0.25, 0.3) is 25.7 Å². The van der Waals surface area contributed by atoms with Gasteiger partial charge in [-0.25, -0.2) is 75.0 Å². The van der Waals surface area contributed by atoms with E-state index in [2.05, 4.69) is 150 Å². The first-order valence-corrected chi connectivity index (χ1v) is 37.4. The molecule has 666 valence electrons. The van der Waals surface area contributed by atoms with Gasteiger partial charge in [0.1, 0.15) is 46.6 Å². The van der Waals surface area contributed by atoms with Crippen LogP contribution >= 0.6 is 0 Å². The summed E-state index contributed by atoms with van der Waals surface area (Å²) in [6, 6.07) is 41.0. The Morgan fingerprint density at radius 2 is 0.520 bits per heavy atom. The van der Waals surface area contributed by atoms with Gasteiger partial charge < -0.3 is 118 Å². The fraction of sp³-hybridized carbons (Fsp3) is 0.210. The molecule has 0 fully saturated rings. The number of aromatic nitrogens is 34. The second kappa shape index (κ2) is 47.4. The molecular formula is C81H76F8N34Pt4. The monoisotopic (exact) mass is 2460 g/mol. The third-order valence-corrected chi connectivity index (χ3v) is 17.2. The Balaban J connectivity index is 0.000000179. The van der Waals surface area contributed by atoms with Gasteiger partial charge >= 0.3 is 84.3 Å². The van der Waals surface area contributed by atoms with E-state index in [1.54, 1.807) is 96.8 Å². The molecule has 19 aromatic rings. The molecule has 0 saturated carbocycles. The third-order valence-electron chi connectivity index (χ3n) is 17.2. The van der Waals surface area contributed by atoms with Crippen molar-refractivity contribution in [1.82, 2.24) is 168 Å². The number of alkyl halides is 8. The van der Waals surface area contributed by atoms with E-state index >= 15 is 0 Å². The molecule has 0 unspecified atom stereocenters. The van der Waals surface area contributed by atoms with E-state index in [0.29, 0.717) is 40.7 Å². The van der Waals surface area contributed by atoms with Gasteiger partial charge in [-0.05, 0) is 104 Å². The van der Waals surface area contributed by atoms with Crippen LogP contribution in [0.2, 0.25) is 0 Å². The van der Waals surface area contributed by atoms with Gasteiger partial charge in [-0.3, -0.25) is 10.2 Å². The predicted octanol–water partition coefficient (Wildman–Crippen LogP) is 13.7. The van der Waals surface area contributed by atoms with E-state index in [1.807, 2.05) is 200 Å². The van der Waals surface area contributed by atoms with Crippen molar-refractivity contribution in [1.29, 1.82) is 0 Å². The average molecular weight is 2460 g/mol. The molecule has 16 heterocycles. The Hall–Kier alpha value is -12.9. The third kappa shape index (κ3) is 26.1. The summed E-state index contributed by atoms with van der Waals surface area (Å²) in [7, 11) is 5.21. The van der Waals surface area contributed by atoms with Crippen LogP contribution in [0.3, 0.4) is 0 Å². The Labute approximate surface area is 777 Å². The molecule has 0 aliphatic rings. The topological polar surface area (TPSA) is 384 Å². The second-order valence-corrected chi connectivity index (χ2v) is 26.9. The summed E-state index contributed by atoms with van der Waals surface area (Å²) in [6.45, 7) is 15.9. The number of para-hydroxylation sites is 3. The van der Waals surface area contributed by atoms with Crippen LogP contribution in [0.5, 0.6) is 0 Å². The molecule has 0 atom stereocenters. The Morgan fingerprint density at radius 1 is 0.268 bits per heavy atom. The molecule has 19 rings (SSSR count). The van der Waals surface area contributed by atoms with Crippen molar-refractivity contribution in [2.45, 2.75) is 93.2 Å². The van der Waals surface area contributed by atoms with Crippen LogP contribution in [0.25, 0.3) is 109 Å². The molecule has 0 amide bonds. The standard InChI is InChI=1S/3C13H11N4.C10H11F2N4.C10H13N4.C8H7F2N4.2C7H6F2N5.4Pt/c3*1-10-9-12(16-15-10)13-14-7-8-17(13)11-5-3-2-4-6-11;1-6(2)16-4-3-13-10(16)8-5-7(9(11)12)14-15-8;1-7(2)14-5-4-11-10(14)9-6-8(3)12-13-9;1-14-3-2-11-8(14)6-4-5(7(9)10)12-13-6;2*1-14-3-2-10-7(14)6-11-5(4(8)9)12-13-6;;;;/h3*2-9H,1H3;3-6,9H,1-2H3;4-7H,1-3H3;2-4,7H,1H3;2*2-4H,1H3;;;;/q8*-1;4*+2. The summed E-state index contributed by atoms with van der Waals surface area (Å²) < 4.78 is 113. The molecule has 46 heteroatoms. The van der Waals surface area contributed by atoms with Crippen molar-refractivity contribution in [2.75, 3.05) is 0 Å². The number of aryl methyl sites for hydroxylation is 7. The molecule has 3 aromatic carbocycles. The summed E-state index contributed by atoms with van der Waals surface area (Å²) in [6.07, 6.45) is 17.4. The van der Waals surface area contributed by atoms with Crippen LogP contribution in [-0.2, 0) is 105 Å². The van der Waals surface area contributed by atoms with E-state index in [9.17, 15) is 35.1 Å². The minimum Gasteiger partial charge on any atom is -0.572 e. The maximum absolute atomic E-state index is 12.4. The number of hydrogen-bond acceptors (Lipinski definition) is 18. The first-order valence-electron chi connectivity index (χ1n) is 37.4. The van der Waals surface area contributed by atoms with Gasteiger partial charge in [-0.2, -0.15) is 0 Å². The van der Waals surface area contributed by atoms with Crippen molar-refractivity contribution in [3.05, 3.63) is 272 Å². The molecule has 127 heavy (non-hydrogen) atoms. The van der Waals surface area contributed by atoms with Crippen LogP contribution < -0.4 is 40.8 Å². The number of halogens is 8. The Bertz CT molecular complexity index is 5900. The van der Waals surface area contributed by atoms with Crippen molar-refractivity contribution < 1.29 is 119 Å². The zero-order chi connectivity index (χ0) is 87.2. The van der Waals surface area contributed by atoms with Crippen LogP contribution in [0.4, 0.5) is 35.1 Å². The summed E-state index contributed by atoms with van der Waals surface area (Å²) in [4.78, 5) is 40.3. The van der Waals surface area contributed by atoms with Crippen molar-refractivity contribution in [2.24, 2.45) is 21.1 Å². The largest absolute Gasteiger partial charge is 2.00 e. The number of nitrogens with zero attached hydrogens (tertiary/aromatic N) is 34. The number of imidazole rings is 8. The molecule has 34 nitrogen and oxygen atoms in total. The van der Waals surface area contributed by atoms with Gasteiger partial charge in [0.2, 0.25) is 0 Å². The quantitative estimate of drug-likeness (QED) is 0.0764. The first kappa shape index (κ1) is 99.5. The zero-order valence-corrected chi connectivity index (χ0v) is 77.9. The number of benzene rings is 3. The number of rotatable bonds is 17. The van der Waals surface area contributed by atoms with Crippen molar-refractivity contribution in [3.63, 3.8) is 0 Å².